The van der Waals surface area contributed by atoms with Crippen molar-refractivity contribution in [3.05, 3.63) is 35.9 Å². The molecule has 0 heterocycles. The molecular weight excluding hydrogens is 140 g/mol. The van der Waals surface area contributed by atoms with Crippen LogP contribution < -0.4 is 10.9 Å². The first-order valence-electron chi connectivity index (χ1n) is 3.36. The lowest BCUT2D eigenvalue weighted by Crippen LogP contribution is -2.33. The van der Waals surface area contributed by atoms with Crippen molar-refractivity contribution in [3.8, 4) is 0 Å². The largest absolute Gasteiger partial charge is 0.288 e. The number of benzene rings is 1. The van der Waals surface area contributed by atoms with Gasteiger partial charge in [0.15, 0.2) is 0 Å². The van der Waals surface area contributed by atoms with E-state index in [1.54, 1.807) is 19.2 Å². The molecule has 58 valence electrons. The Morgan fingerprint density at radius 3 is 2.45 bits per heavy atom. The minimum Gasteiger partial charge on any atom is -0.288 e. The Morgan fingerprint density at radius 1 is 1.27 bits per heavy atom. The molecule has 0 spiro atoms. The molecule has 0 fully saturated rings. The molecule has 0 saturated carbocycles. The van der Waals surface area contributed by atoms with Gasteiger partial charge in [0.05, 0.1) is 0 Å². The molecule has 11 heavy (non-hydrogen) atoms. The van der Waals surface area contributed by atoms with Crippen LogP contribution in [0.5, 0.6) is 0 Å². The number of carbonyl (C=O) groups is 1. The van der Waals surface area contributed by atoms with Crippen LogP contribution in [-0.2, 0) is 0 Å². The molecule has 1 rings (SSSR count). The molecule has 1 amide bonds. The summed E-state index contributed by atoms with van der Waals surface area (Å²) >= 11 is 0. The first kappa shape index (κ1) is 7.75. The van der Waals surface area contributed by atoms with Gasteiger partial charge in [0.25, 0.3) is 5.91 Å². The number of hydrogen-bond donors (Lipinski definition) is 2. The third kappa shape index (κ3) is 2.05. The van der Waals surface area contributed by atoms with Crippen LogP contribution in [0.25, 0.3) is 0 Å². The monoisotopic (exact) mass is 150 g/mol. The van der Waals surface area contributed by atoms with Crippen molar-refractivity contribution < 1.29 is 4.79 Å². The predicted molar refractivity (Wildman–Crippen MR) is 43.0 cm³/mol. The lowest BCUT2D eigenvalue weighted by atomic mass is 10.2. The van der Waals surface area contributed by atoms with Gasteiger partial charge in [-0.2, -0.15) is 0 Å². The van der Waals surface area contributed by atoms with Gasteiger partial charge in [0.1, 0.15) is 0 Å². The second-order valence-electron chi connectivity index (χ2n) is 2.07. The zero-order valence-electron chi connectivity index (χ0n) is 6.29. The molecule has 0 saturated heterocycles. The fraction of sp³-hybridized carbons (Fsp3) is 0.125. The van der Waals surface area contributed by atoms with Gasteiger partial charge in [-0.3, -0.25) is 10.2 Å². The summed E-state index contributed by atoms with van der Waals surface area (Å²) in [5.74, 6) is -0.117. The maximum absolute atomic E-state index is 11.1. The Morgan fingerprint density at radius 2 is 1.91 bits per heavy atom. The molecule has 1 aromatic carbocycles. The standard InChI is InChI=1S/C8H10N2O/c1-9-10-8(11)7-5-3-2-4-6-7/h2-6,9H,1H3,(H,10,11). The van der Waals surface area contributed by atoms with Gasteiger partial charge in [-0.05, 0) is 12.1 Å². The van der Waals surface area contributed by atoms with Crippen molar-refractivity contribution in [1.29, 1.82) is 0 Å². The molecular formula is C8H10N2O. The van der Waals surface area contributed by atoms with Crippen molar-refractivity contribution >= 4 is 5.91 Å². The average molecular weight is 150 g/mol. The van der Waals surface area contributed by atoms with Gasteiger partial charge in [0.2, 0.25) is 0 Å². The number of hydrazine groups is 1. The van der Waals surface area contributed by atoms with E-state index in [9.17, 15) is 4.79 Å². The normalized spacial score (nSPS) is 9.18. The van der Waals surface area contributed by atoms with Crippen molar-refractivity contribution in [2.75, 3.05) is 7.05 Å². The van der Waals surface area contributed by atoms with Crippen LogP contribution in [0.15, 0.2) is 30.3 Å². The van der Waals surface area contributed by atoms with E-state index in [4.69, 9.17) is 0 Å². The molecule has 0 aliphatic rings. The highest BCUT2D eigenvalue weighted by Crippen LogP contribution is 1.96. The van der Waals surface area contributed by atoms with Gasteiger partial charge < -0.3 is 0 Å². The van der Waals surface area contributed by atoms with Crippen molar-refractivity contribution in [3.63, 3.8) is 0 Å². The van der Waals surface area contributed by atoms with Crippen LogP contribution >= 0.6 is 0 Å². The SMILES string of the molecule is CNNC(=O)c1ccccc1. The van der Waals surface area contributed by atoms with Crippen LogP contribution in [0.3, 0.4) is 0 Å². The van der Waals surface area contributed by atoms with Gasteiger partial charge in [-0.25, -0.2) is 5.43 Å². The molecule has 3 nitrogen and oxygen atoms in total. The summed E-state index contributed by atoms with van der Waals surface area (Å²) in [4.78, 5) is 11.1. The zero-order chi connectivity index (χ0) is 8.10. The Bertz CT molecular complexity index is 233. The predicted octanol–water partition coefficient (Wildman–Crippen LogP) is 0.551. The Labute approximate surface area is 65.4 Å². The molecule has 0 aliphatic heterocycles. The first-order chi connectivity index (χ1) is 5.34. The van der Waals surface area contributed by atoms with E-state index >= 15 is 0 Å². The third-order valence-electron chi connectivity index (χ3n) is 1.27. The molecule has 2 N–H and O–H groups in total. The number of amides is 1. The summed E-state index contributed by atoms with van der Waals surface area (Å²) in [6, 6.07) is 9.03. The van der Waals surface area contributed by atoms with Gasteiger partial charge in [-0.1, -0.05) is 18.2 Å². The Kier molecular flexibility index (Phi) is 2.63. The lowest BCUT2D eigenvalue weighted by molar-refractivity contribution is 0.0938. The van der Waals surface area contributed by atoms with E-state index in [2.05, 4.69) is 10.9 Å². The summed E-state index contributed by atoms with van der Waals surface area (Å²) in [6.45, 7) is 0. The molecule has 1 aromatic rings. The Balaban J connectivity index is 2.69. The molecule has 0 radical (unpaired) electrons. The van der Waals surface area contributed by atoms with Crippen molar-refractivity contribution in [2.24, 2.45) is 0 Å². The quantitative estimate of drug-likeness (QED) is 0.604. The minimum atomic E-state index is -0.117. The fourth-order valence-electron chi connectivity index (χ4n) is 0.775. The summed E-state index contributed by atoms with van der Waals surface area (Å²) in [7, 11) is 1.65. The second kappa shape index (κ2) is 3.73. The number of hydrogen-bond acceptors (Lipinski definition) is 2. The van der Waals surface area contributed by atoms with Crippen LogP contribution in [0, 0.1) is 0 Å². The second-order valence-corrected chi connectivity index (χ2v) is 2.07. The van der Waals surface area contributed by atoms with E-state index in [1.165, 1.54) is 0 Å². The van der Waals surface area contributed by atoms with Crippen LogP contribution in [-0.4, -0.2) is 13.0 Å². The smallest absolute Gasteiger partial charge is 0.265 e. The number of rotatable bonds is 2. The van der Waals surface area contributed by atoms with E-state index in [1.807, 2.05) is 18.2 Å². The van der Waals surface area contributed by atoms with Crippen LogP contribution in [0.2, 0.25) is 0 Å². The molecule has 3 heteroatoms. The van der Waals surface area contributed by atoms with Gasteiger partial charge >= 0.3 is 0 Å². The van der Waals surface area contributed by atoms with Crippen LogP contribution in [0.4, 0.5) is 0 Å². The highest BCUT2D eigenvalue weighted by Gasteiger charge is 1.99. The van der Waals surface area contributed by atoms with E-state index in [-0.39, 0.29) is 5.91 Å². The summed E-state index contributed by atoms with van der Waals surface area (Å²) < 4.78 is 0. The summed E-state index contributed by atoms with van der Waals surface area (Å²) in [5, 5.41) is 0. The van der Waals surface area contributed by atoms with Crippen LogP contribution in [0.1, 0.15) is 10.4 Å². The first-order valence-corrected chi connectivity index (χ1v) is 3.36. The lowest BCUT2D eigenvalue weighted by Gasteiger charge is -2.00. The maximum atomic E-state index is 11.1. The molecule has 0 atom stereocenters. The summed E-state index contributed by atoms with van der Waals surface area (Å²) in [6.07, 6.45) is 0. The Hall–Kier alpha value is -1.35. The number of nitrogens with one attached hydrogen (secondary N) is 2. The van der Waals surface area contributed by atoms with E-state index in [0.29, 0.717) is 5.56 Å². The van der Waals surface area contributed by atoms with E-state index in [0.717, 1.165) is 0 Å². The maximum Gasteiger partial charge on any atom is 0.265 e. The molecule has 0 aromatic heterocycles. The fourth-order valence-corrected chi connectivity index (χ4v) is 0.775. The average Bonchev–Trinajstić information content (AvgIpc) is 2.07. The topological polar surface area (TPSA) is 41.1 Å². The highest BCUT2D eigenvalue weighted by atomic mass is 16.2. The van der Waals surface area contributed by atoms with Gasteiger partial charge in [0, 0.05) is 12.6 Å². The highest BCUT2D eigenvalue weighted by molar-refractivity contribution is 5.93. The van der Waals surface area contributed by atoms with Gasteiger partial charge in [-0.15, -0.1) is 0 Å². The zero-order valence-corrected chi connectivity index (χ0v) is 6.29. The molecule has 0 unspecified atom stereocenters. The summed E-state index contributed by atoms with van der Waals surface area (Å²) in [5.41, 5.74) is 5.69. The number of carbonyl (C=O) groups excluding carboxylic acids is 1. The minimum absolute atomic E-state index is 0.117. The molecule has 0 bridgehead atoms. The third-order valence-corrected chi connectivity index (χ3v) is 1.27. The van der Waals surface area contributed by atoms with Crippen molar-refractivity contribution in [2.45, 2.75) is 0 Å². The van der Waals surface area contributed by atoms with Crippen molar-refractivity contribution in [1.82, 2.24) is 10.9 Å². The molecule has 0 aliphatic carbocycles. The van der Waals surface area contributed by atoms with E-state index < -0.39 is 0 Å².